The van der Waals surface area contributed by atoms with Crippen LogP contribution in [-0.2, 0) is 17.4 Å². The third kappa shape index (κ3) is 5.96. The van der Waals surface area contributed by atoms with Gasteiger partial charge in [-0.25, -0.2) is 0 Å². The van der Waals surface area contributed by atoms with E-state index in [2.05, 4.69) is 20.8 Å². The summed E-state index contributed by atoms with van der Waals surface area (Å²) >= 11 is 0. The van der Waals surface area contributed by atoms with Crippen LogP contribution in [0.15, 0.2) is 45.5 Å². The van der Waals surface area contributed by atoms with Crippen LogP contribution in [-0.4, -0.2) is 22.0 Å². The van der Waals surface area contributed by atoms with E-state index in [0.717, 1.165) is 12.1 Å². The highest BCUT2D eigenvalue weighted by Crippen LogP contribution is 2.36. The Labute approximate surface area is 181 Å². The molecule has 3 aromatic rings. The summed E-state index contributed by atoms with van der Waals surface area (Å²) in [6.07, 6.45) is -2.85. The molecule has 0 fully saturated rings. The Hall–Kier alpha value is -3.63. The number of furan rings is 1. The van der Waals surface area contributed by atoms with Crippen LogP contribution in [0.5, 0.6) is 0 Å². The van der Waals surface area contributed by atoms with Gasteiger partial charge < -0.3 is 19.6 Å². The minimum Gasteiger partial charge on any atom is -0.459 e. The van der Waals surface area contributed by atoms with Crippen LogP contribution in [0, 0.1) is 0 Å². The van der Waals surface area contributed by atoms with Crippen molar-refractivity contribution >= 4 is 23.2 Å². The molecule has 0 atom stereocenters. The van der Waals surface area contributed by atoms with Crippen LogP contribution in [0.3, 0.4) is 0 Å². The Morgan fingerprint density at radius 1 is 1.16 bits per heavy atom. The zero-order valence-corrected chi connectivity index (χ0v) is 17.3. The highest BCUT2D eigenvalue weighted by atomic mass is 19.4. The molecular formula is C21H21F3N4O4. The van der Waals surface area contributed by atoms with E-state index in [4.69, 9.17) is 8.94 Å². The summed E-state index contributed by atoms with van der Waals surface area (Å²) in [6, 6.07) is 5.97. The minimum absolute atomic E-state index is 0.0341. The van der Waals surface area contributed by atoms with Crippen molar-refractivity contribution < 1.29 is 31.7 Å². The van der Waals surface area contributed by atoms with Crippen LogP contribution in [0.25, 0.3) is 0 Å². The molecule has 0 saturated carbocycles. The maximum absolute atomic E-state index is 13.5. The van der Waals surface area contributed by atoms with Gasteiger partial charge in [0, 0.05) is 24.4 Å². The number of carbonyl (C=O) groups excluding carboxylic acids is 2. The molecule has 2 N–H and O–H groups in total. The van der Waals surface area contributed by atoms with E-state index in [1.54, 1.807) is 0 Å². The molecule has 0 aliphatic carbocycles. The zero-order chi connectivity index (χ0) is 23.3. The molecule has 2 aromatic heterocycles. The van der Waals surface area contributed by atoms with Crippen LogP contribution in [0.2, 0.25) is 0 Å². The SMILES string of the molecule is CC(C)c1noc(CCCC(=O)Nc2ccc(NC(=O)c3ccco3)cc2C(F)(F)F)n1. The third-order valence-corrected chi connectivity index (χ3v) is 4.40. The second kappa shape index (κ2) is 9.67. The molecule has 2 amide bonds. The predicted octanol–water partition coefficient (Wildman–Crippen LogP) is 5.02. The smallest absolute Gasteiger partial charge is 0.418 e. The van der Waals surface area contributed by atoms with E-state index in [1.165, 1.54) is 24.5 Å². The lowest BCUT2D eigenvalue weighted by atomic mass is 10.1. The van der Waals surface area contributed by atoms with Gasteiger partial charge in [-0.1, -0.05) is 19.0 Å². The Balaban J connectivity index is 1.62. The molecule has 0 radical (unpaired) electrons. The average molecular weight is 450 g/mol. The van der Waals surface area contributed by atoms with Crippen LogP contribution >= 0.6 is 0 Å². The number of halogens is 3. The molecule has 3 rings (SSSR count). The van der Waals surface area contributed by atoms with Crippen molar-refractivity contribution in [2.75, 3.05) is 10.6 Å². The Kier molecular flexibility index (Phi) is 6.96. The number of benzene rings is 1. The zero-order valence-electron chi connectivity index (χ0n) is 17.3. The van der Waals surface area contributed by atoms with Gasteiger partial charge in [-0.2, -0.15) is 18.2 Å². The molecule has 2 heterocycles. The normalized spacial score (nSPS) is 11.6. The summed E-state index contributed by atoms with van der Waals surface area (Å²) < 4.78 is 50.6. The maximum Gasteiger partial charge on any atom is 0.418 e. The first-order chi connectivity index (χ1) is 15.1. The van der Waals surface area contributed by atoms with Crippen molar-refractivity contribution in [2.45, 2.75) is 45.2 Å². The average Bonchev–Trinajstić information content (AvgIpc) is 3.40. The van der Waals surface area contributed by atoms with E-state index in [0.29, 0.717) is 24.6 Å². The number of nitrogens with zero attached hydrogens (tertiary/aromatic N) is 2. The summed E-state index contributed by atoms with van der Waals surface area (Å²) in [5.41, 5.74) is -1.57. The van der Waals surface area contributed by atoms with Crippen molar-refractivity contribution in [2.24, 2.45) is 0 Å². The van der Waals surface area contributed by atoms with Gasteiger partial charge >= 0.3 is 6.18 Å². The number of hydrogen-bond donors (Lipinski definition) is 2. The number of anilines is 2. The molecule has 0 saturated heterocycles. The summed E-state index contributed by atoms with van der Waals surface area (Å²) in [4.78, 5) is 28.4. The second-order valence-electron chi connectivity index (χ2n) is 7.29. The maximum atomic E-state index is 13.5. The van der Waals surface area contributed by atoms with E-state index in [9.17, 15) is 22.8 Å². The highest BCUT2D eigenvalue weighted by Gasteiger charge is 2.34. The van der Waals surface area contributed by atoms with Gasteiger partial charge in [0.15, 0.2) is 11.6 Å². The van der Waals surface area contributed by atoms with Gasteiger partial charge in [0.2, 0.25) is 11.8 Å². The lowest BCUT2D eigenvalue weighted by Gasteiger charge is -2.15. The van der Waals surface area contributed by atoms with Crippen LogP contribution in [0.1, 0.15) is 60.4 Å². The van der Waals surface area contributed by atoms with Gasteiger partial charge in [-0.05, 0) is 36.8 Å². The molecule has 32 heavy (non-hydrogen) atoms. The third-order valence-electron chi connectivity index (χ3n) is 4.40. The summed E-state index contributed by atoms with van der Waals surface area (Å²) in [6.45, 7) is 3.82. The van der Waals surface area contributed by atoms with E-state index >= 15 is 0 Å². The first-order valence-electron chi connectivity index (χ1n) is 9.82. The number of amides is 2. The number of rotatable bonds is 8. The van der Waals surface area contributed by atoms with Crippen molar-refractivity contribution in [3.8, 4) is 0 Å². The van der Waals surface area contributed by atoms with Gasteiger partial charge in [0.25, 0.3) is 5.91 Å². The predicted molar refractivity (Wildman–Crippen MR) is 108 cm³/mol. The molecule has 0 aliphatic rings. The quantitative estimate of drug-likeness (QED) is 0.499. The molecule has 0 unspecified atom stereocenters. The monoisotopic (exact) mass is 450 g/mol. The Morgan fingerprint density at radius 2 is 1.94 bits per heavy atom. The molecule has 8 nitrogen and oxygen atoms in total. The van der Waals surface area contributed by atoms with Gasteiger partial charge in [-0.15, -0.1) is 0 Å². The van der Waals surface area contributed by atoms with Crippen molar-refractivity contribution in [1.82, 2.24) is 10.1 Å². The number of hydrogen-bond acceptors (Lipinski definition) is 6. The standard InChI is InChI=1S/C21H21F3N4O4/c1-12(2)19-27-18(32-28-19)7-3-6-17(29)26-15-9-8-13(11-14(15)21(22,23)24)25-20(30)16-5-4-10-31-16/h4-5,8-12H,3,6-7H2,1-2H3,(H,25,30)(H,26,29). The largest absolute Gasteiger partial charge is 0.459 e. The number of carbonyl (C=O) groups is 2. The van der Waals surface area contributed by atoms with Gasteiger partial charge in [0.1, 0.15) is 0 Å². The number of nitrogens with one attached hydrogen (secondary N) is 2. The minimum atomic E-state index is -4.75. The fourth-order valence-corrected chi connectivity index (χ4v) is 2.78. The Bertz CT molecular complexity index is 1080. The Morgan fingerprint density at radius 3 is 2.56 bits per heavy atom. The molecule has 0 bridgehead atoms. The molecular weight excluding hydrogens is 429 g/mol. The highest BCUT2D eigenvalue weighted by molar-refractivity contribution is 6.02. The van der Waals surface area contributed by atoms with Crippen LogP contribution in [0.4, 0.5) is 24.5 Å². The molecule has 0 spiro atoms. The lowest BCUT2D eigenvalue weighted by molar-refractivity contribution is -0.136. The fraction of sp³-hybridized carbons (Fsp3) is 0.333. The summed E-state index contributed by atoms with van der Waals surface area (Å²) in [5.74, 6) is -0.304. The van der Waals surface area contributed by atoms with Crippen LogP contribution < -0.4 is 10.6 Å². The van der Waals surface area contributed by atoms with Crippen molar-refractivity contribution in [3.05, 3.63) is 59.6 Å². The molecule has 1 aromatic carbocycles. The summed E-state index contributed by atoms with van der Waals surface area (Å²) in [5, 5.41) is 8.43. The molecule has 11 heteroatoms. The topological polar surface area (TPSA) is 110 Å². The lowest BCUT2D eigenvalue weighted by Crippen LogP contribution is -2.18. The van der Waals surface area contributed by atoms with E-state index in [1.807, 2.05) is 13.8 Å². The molecule has 170 valence electrons. The molecule has 0 aliphatic heterocycles. The van der Waals surface area contributed by atoms with Gasteiger partial charge in [-0.3, -0.25) is 9.59 Å². The second-order valence-corrected chi connectivity index (χ2v) is 7.29. The summed E-state index contributed by atoms with van der Waals surface area (Å²) in [7, 11) is 0. The number of aryl methyl sites for hydroxylation is 1. The van der Waals surface area contributed by atoms with E-state index in [-0.39, 0.29) is 23.8 Å². The van der Waals surface area contributed by atoms with Crippen molar-refractivity contribution in [3.63, 3.8) is 0 Å². The number of aromatic nitrogens is 2. The first kappa shape index (κ1) is 23.0. The fourth-order valence-electron chi connectivity index (χ4n) is 2.78. The van der Waals surface area contributed by atoms with Crippen molar-refractivity contribution in [1.29, 1.82) is 0 Å². The first-order valence-corrected chi connectivity index (χ1v) is 9.82. The van der Waals surface area contributed by atoms with E-state index < -0.39 is 29.2 Å². The number of alkyl halides is 3. The van der Waals surface area contributed by atoms with Gasteiger partial charge in [0.05, 0.1) is 17.5 Å².